The summed E-state index contributed by atoms with van der Waals surface area (Å²) in [6, 6.07) is 0. The summed E-state index contributed by atoms with van der Waals surface area (Å²) in [5, 5.41) is 9.37. The molecule has 4 heteroatoms. The summed E-state index contributed by atoms with van der Waals surface area (Å²) in [6.07, 6.45) is 2.17. The summed E-state index contributed by atoms with van der Waals surface area (Å²) >= 11 is 0. The van der Waals surface area contributed by atoms with Gasteiger partial charge in [-0.15, -0.1) is 0 Å². The molecule has 2 unspecified atom stereocenters. The van der Waals surface area contributed by atoms with E-state index in [9.17, 15) is 14.7 Å². The molecule has 0 radical (unpaired) electrons. The van der Waals surface area contributed by atoms with Crippen molar-refractivity contribution >= 4 is 11.9 Å². The summed E-state index contributed by atoms with van der Waals surface area (Å²) < 4.78 is 5.15. The Kier molecular flexibility index (Phi) is 3.96. The molecule has 96 valence electrons. The van der Waals surface area contributed by atoms with Crippen LogP contribution < -0.4 is 0 Å². The van der Waals surface area contributed by atoms with Gasteiger partial charge in [0.2, 0.25) is 5.60 Å². The smallest absolute Gasteiger partial charge is 0.348 e. The normalized spacial score (nSPS) is 32.5. The molecule has 0 aromatic heterocycles. The molecule has 0 aromatic rings. The van der Waals surface area contributed by atoms with E-state index in [1.165, 1.54) is 0 Å². The van der Waals surface area contributed by atoms with Gasteiger partial charge in [0, 0.05) is 12.0 Å². The topological polar surface area (TPSA) is 63.6 Å². The first-order valence-electron chi connectivity index (χ1n) is 5.94. The fourth-order valence-electron chi connectivity index (χ4n) is 2.83. The van der Waals surface area contributed by atoms with Gasteiger partial charge < -0.3 is 9.84 Å². The second-order valence-corrected chi connectivity index (χ2v) is 5.06. The zero-order valence-corrected chi connectivity index (χ0v) is 10.6. The average molecular weight is 240 g/mol. The number of carbonyl (C=O) groups is 2. The van der Waals surface area contributed by atoms with Gasteiger partial charge in [-0.1, -0.05) is 27.4 Å². The van der Waals surface area contributed by atoms with Crippen LogP contribution in [0.3, 0.4) is 0 Å². The van der Waals surface area contributed by atoms with Crippen molar-refractivity contribution in [2.75, 3.05) is 0 Å². The molecule has 17 heavy (non-hydrogen) atoms. The van der Waals surface area contributed by atoms with Crippen molar-refractivity contribution in [3.05, 3.63) is 12.7 Å². The Morgan fingerprint density at radius 3 is 2.47 bits per heavy atom. The van der Waals surface area contributed by atoms with Crippen LogP contribution in [0.2, 0.25) is 0 Å². The summed E-state index contributed by atoms with van der Waals surface area (Å²) in [4.78, 5) is 22.7. The minimum Gasteiger partial charge on any atom is -0.478 e. The summed E-state index contributed by atoms with van der Waals surface area (Å²) in [5.74, 6) is -1.24. The van der Waals surface area contributed by atoms with Crippen LogP contribution in [0.1, 0.15) is 33.6 Å². The van der Waals surface area contributed by atoms with E-state index in [-0.39, 0.29) is 11.8 Å². The van der Waals surface area contributed by atoms with Gasteiger partial charge in [-0.2, -0.15) is 0 Å². The highest BCUT2D eigenvalue weighted by molar-refractivity contribution is 5.87. The molecule has 1 aliphatic carbocycles. The molecule has 0 amide bonds. The molecule has 1 aliphatic rings. The van der Waals surface area contributed by atoms with Crippen molar-refractivity contribution in [2.24, 2.45) is 17.8 Å². The number of ether oxygens (including phenoxy) is 1. The molecule has 0 spiro atoms. The van der Waals surface area contributed by atoms with Gasteiger partial charge in [0.1, 0.15) is 0 Å². The van der Waals surface area contributed by atoms with Crippen molar-refractivity contribution in [3.63, 3.8) is 0 Å². The van der Waals surface area contributed by atoms with E-state index >= 15 is 0 Å². The van der Waals surface area contributed by atoms with E-state index in [1.54, 1.807) is 0 Å². The van der Waals surface area contributed by atoms with Crippen LogP contribution in [-0.4, -0.2) is 22.6 Å². The molecule has 0 saturated heterocycles. The number of carboxylic acids is 1. The van der Waals surface area contributed by atoms with Crippen LogP contribution in [-0.2, 0) is 14.3 Å². The van der Waals surface area contributed by atoms with Crippen molar-refractivity contribution in [3.8, 4) is 0 Å². The standard InChI is InChI=1S/C13H20O4/c1-5-11(14)17-13(12(15)16)7-6-10(8(2)3)9(13)4/h5,8-10H,1,6-7H2,2-4H3,(H,15,16)/t9?,10?,13-/m1/s1. The number of carboxylic acid groups (broad SMARTS) is 1. The lowest BCUT2D eigenvalue weighted by Crippen LogP contribution is -2.46. The van der Waals surface area contributed by atoms with Crippen LogP contribution in [0.5, 0.6) is 0 Å². The summed E-state index contributed by atoms with van der Waals surface area (Å²) in [5.41, 5.74) is -1.37. The SMILES string of the molecule is C=CC(=O)O[C@]1(C(=O)O)CCC(C(C)C)C1C. The number of carbonyl (C=O) groups excluding carboxylic acids is 1. The Labute approximate surface area is 102 Å². The van der Waals surface area contributed by atoms with Gasteiger partial charge in [-0.05, 0) is 24.7 Å². The van der Waals surface area contributed by atoms with E-state index in [0.29, 0.717) is 12.3 Å². The van der Waals surface area contributed by atoms with Gasteiger partial charge in [-0.3, -0.25) is 0 Å². The number of esters is 1. The van der Waals surface area contributed by atoms with E-state index in [2.05, 4.69) is 20.4 Å². The Balaban J connectivity index is 2.98. The van der Waals surface area contributed by atoms with Gasteiger partial charge in [0.15, 0.2) is 0 Å². The molecule has 0 bridgehead atoms. The maximum Gasteiger partial charge on any atom is 0.348 e. The van der Waals surface area contributed by atoms with Gasteiger partial charge in [0.25, 0.3) is 0 Å². The number of rotatable bonds is 4. The predicted octanol–water partition coefficient (Wildman–Crippen LogP) is 2.24. The molecule has 1 fully saturated rings. The Morgan fingerprint density at radius 1 is 1.53 bits per heavy atom. The quantitative estimate of drug-likeness (QED) is 0.604. The third-order valence-corrected chi connectivity index (χ3v) is 3.89. The lowest BCUT2D eigenvalue weighted by molar-refractivity contribution is -0.180. The second-order valence-electron chi connectivity index (χ2n) is 5.06. The van der Waals surface area contributed by atoms with Crippen LogP contribution >= 0.6 is 0 Å². The highest BCUT2D eigenvalue weighted by atomic mass is 16.6. The zero-order chi connectivity index (χ0) is 13.2. The molecule has 3 atom stereocenters. The zero-order valence-electron chi connectivity index (χ0n) is 10.6. The molecule has 4 nitrogen and oxygen atoms in total. The summed E-state index contributed by atoms with van der Waals surface area (Å²) in [7, 11) is 0. The van der Waals surface area contributed by atoms with E-state index in [1.807, 2.05) is 6.92 Å². The minimum atomic E-state index is -1.37. The maximum absolute atomic E-state index is 11.4. The molecule has 0 heterocycles. The van der Waals surface area contributed by atoms with E-state index in [4.69, 9.17) is 4.74 Å². The average Bonchev–Trinajstić information content (AvgIpc) is 2.57. The van der Waals surface area contributed by atoms with Crippen LogP contribution in [0.25, 0.3) is 0 Å². The molecule has 0 aromatic carbocycles. The van der Waals surface area contributed by atoms with Crippen LogP contribution in [0, 0.1) is 17.8 Å². The summed E-state index contributed by atoms with van der Waals surface area (Å²) in [6.45, 7) is 9.28. The predicted molar refractivity (Wildman–Crippen MR) is 63.4 cm³/mol. The van der Waals surface area contributed by atoms with Crippen molar-refractivity contribution in [1.29, 1.82) is 0 Å². The van der Waals surface area contributed by atoms with Crippen LogP contribution in [0.15, 0.2) is 12.7 Å². The molecule has 0 aliphatic heterocycles. The highest BCUT2D eigenvalue weighted by Gasteiger charge is 2.55. The molecular formula is C13H20O4. The third kappa shape index (κ3) is 2.35. The molecular weight excluding hydrogens is 220 g/mol. The second kappa shape index (κ2) is 4.90. The molecule has 1 saturated carbocycles. The van der Waals surface area contributed by atoms with Gasteiger partial charge >= 0.3 is 11.9 Å². The Bertz CT molecular complexity index is 334. The maximum atomic E-state index is 11.4. The third-order valence-electron chi connectivity index (χ3n) is 3.89. The van der Waals surface area contributed by atoms with Gasteiger partial charge in [-0.25, -0.2) is 9.59 Å². The fraction of sp³-hybridized carbons (Fsp3) is 0.692. The van der Waals surface area contributed by atoms with E-state index in [0.717, 1.165) is 12.5 Å². The number of hydrogen-bond donors (Lipinski definition) is 1. The van der Waals surface area contributed by atoms with Crippen molar-refractivity contribution in [1.82, 2.24) is 0 Å². The first-order valence-corrected chi connectivity index (χ1v) is 5.94. The van der Waals surface area contributed by atoms with Crippen LogP contribution in [0.4, 0.5) is 0 Å². The number of hydrogen-bond acceptors (Lipinski definition) is 3. The lowest BCUT2D eigenvalue weighted by Gasteiger charge is -2.31. The van der Waals surface area contributed by atoms with E-state index < -0.39 is 17.5 Å². The largest absolute Gasteiger partial charge is 0.478 e. The number of aliphatic carboxylic acids is 1. The highest BCUT2D eigenvalue weighted by Crippen LogP contribution is 2.46. The van der Waals surface area contributed by atoms with Gasteiger partial charge in [0.05, 0.1) is 0 Å². The molecule has 1 rings (SSSR count). The van der Waals surface area contributed by atoms with Crippen molar-refractivity contribution in [2.45, 2.75) is 39.2 Å². The Hall–Kier alpha value is -1.32. The fourth-order valence-corrected chi connectivity index (χ4v) is 2.83. The first-order chi connectivity index (χ1) is 7.85. The van der Waals surface area contributed by atoms with Crippen molar-refractivity contribution < 1.29 is 19.4 Å². The monoisotopic (exact) mass is 240 g/mol. The lowest BCUT2D eigenvalue weighted by atomic mass is 9.81. The first kappa shape index (κ1) is 13.7. The Morgan fingerprint density at radius 2 is 2.12 bits per heavy atom. The molecule has 1 N–H and O–H groups in total. The minimum absolute atomic E-state index is 0.177.